The standard InChI is InChI=1S/C18H33NO4S/c1-2-3-15-24(21,22)17-10-6-5-9-16(17)23-18(20)11-14-19-12-7-4-8-13-19/h16-17H,2-15H2,1H3/t16-,17-/m1/s1. The molecule has 140 valence electrons. The lowest BCUT2D eigenvalue weighted by Gasteiger charge is -2.31. The highest BCUT2D eigenvalue weighted by molar-refractivity contribution is 7.92. The number of piperidine rings is 1. The van der Waals surface area contributed by atoms with Crippen molar-refractivity contribution in [3.8, 4) is 0 Å². The zero-order chi connectivity index (χ0) is 17.4. The molecule has 2 fully saturated rings. The molecule has 0 aromatic heterocycles. The molecule has 0 aromatic rings. The van der Waals surface area contributed by atoms with Crippen LogP contribution in [0.15, 0.2) is 0 Å². The SMILES string of the molecule is CCCCS(=O)(=O)[C@@H]1CCCC[C@H]1OC(=O)CCN1CCCCC1. The van der Waals surface area contributed by atoms with Gasteiger partial charge < -0.3 is 9.64 Å². The van der Waals surface area contributed by atoms with Crippen molar-refractivity contribution < 1.29 is 17.9 Å². The number of hydrogen-bond donors (Lipinski definition) is 0. The van der Waals surface area contributed by atoms with E-state index in [4.69, 9.17) is 4.74 Å². The Kier molecular flexibility index (Phi) is 8.01. The van der Waals surface area contributed by atoms with Crippen molar-refractivity contribution in [2.45, 2.75) is 82.5 Å². The van der Waals surface area contributed by atoms with Gasteiger partial charge in [-0.2, -0.15) is 0 Å². The maximum absolute atomic E-state index is 12.5. The summed E-state index contributed by atoms with van der Waals surface area (Å²) in [6.45, 7) is 4.85. The van der Waals surface area contributed by atoms with Crippen LogP contribution in [0.4, 0.5) is 0 Å². The zero-order valence-corrected chi connectivity index (χ0v) is 15.9. The largest absolute Gasteiger partial charge is 0.461 e. The van der Waals surface area contributed by atoms with Gasteiger partial charge in [0.25, 0.3) is 0 Å². The average molecular weight is 360 g/mol. The second kappa shape index (κ2) is 9.76. The molecule has 0 amide bonds. The van der Waals surface area contributed by atoms with Crippen LogP contribution in [-0.2, 0) is 19.4 Å². The normalized spacial score (nSPS) is 26.2. The molecule has 0 N–H and O–H groups in total. The number of rotatable bonds is 8. The predicted molar refractivity (Wildman–Crippen MR) is 95.7 cm³/mol. The lowest BCUT2D eigenvalue weighted by molar-refractivity contribution is -0.150. The van der Waals surface area contributed by atoms with Gasteiger partial charge >= 0.3 is 5.97 Å². The Morgan fingerprint density at radius 1 is 1.08 bits per heavy atom. The molecule has 5 nitrogen and oxygen atoms in total. The van der Waals surface area contributed by atoms with Crippen LogP contribution in [0.2, 0.25) is 0 Å². The number of likely N-dealkylation sites (tertiary alicyclic amines) is 1. The summed E-state index contributed by atoms with van der Waals surface area (Å²) in [5.41, 5.74) is 0. The van der Waals surface area contributed by atoms with Gasteiger partial charge in [0.1, 0.15) is 6.10 Å². The van der Waals surface area contributed by atoms with Gasteiger partial charge in [-0.3, -0.25) is 4.79 Å². The van der Waals surface area contributed by atoms with Crippen molar-refractivity contribution >= 4 is 15.8 Å². The second-order valence-corrected chi connectivity index (χ2v) is 9.56. The van der Waals surface area contributed by atoms with Gasteiger partial charge in [0, 0.05) is 6.54 Å². The van der Waals surface area contributed by atoms with Crippen molar-refractivity contribution in [3.63, 3.8) is 0 Å². The highest BCUT2D eigenvalue weighted by atomic mass is 32.2. The third-order valence-electron chi connectivity index (χ3n) is 5.25. The summed E-state index contributed by atoms with van der Waals surface area (Å²) in [5.74, 6) is -0.0149. The molecule has 0 spiro atoms. The molecule has 1 saturated heterocycles. The van der Waals surface area contributed by atoms with E-state index in [1.807, 2.05) is 6.92 Å². The third-order valence-corrected chi connectivity index (χ3v) is 7.57. The maximum atomic E-state index is 12.5. The molecule has 2 atom stereocenters. The van der Waals surface area contributed by atoms with Gasteiger partial charge in [0.05, 0.1) is 17.4 Å². The van der Waals surface area contributed by atoms with Crippen LogP contribution < -0.4 is 0 Å². The number of ether oxygens (including phenoxy) is 1. The van der Waals surface area contributed by atoms with E-state index in [1.54, 1.807) is 0 Å². The molecule has 0 radical (unpaired) electrons. The first-order chi connectivity index (χ1) is 11.5. The highest BCUT2D eigenvalue weighted by Crippen LogP contribution is 2.28. The topological polar surface area (TPSA) is 63.7 Å². The first kappa shape index (κ1) is 19.7. The predicted octanol–water partition coefficient (Wildman–Crippen LogP) is 2.93. The van der Waals surface area contributed by atoms with E-state index in [0.29, 0.717) is 25.7 Å². The zero-order valence-electron chi connectivity index (χ0n) is 15.0. The number of sulfone groups is 1. The Morgan fingerprint density at radius 2 is 1.79 bits per heavy atom. The average Bonchev–Trinajstić information content (AvgIpc) is 2.59. The van der Waals surface area contributed by atoms with Gasteiger partial charge in [0.2, 0.25) is 0 Å². The molecule has 2 aliphatic rings. The Bertz CT molecular complexity index is 485. The molecular weight excluding hydrogens is 326 g/mol. The van der Waals surface area contributed by atoms with Gasteiger partial charge in [-0.05, 0) is 51.6 Å². The van der Waals surface area contributed by atoms with E-state index in [0.717, 1.165) is 38.9 Å². The van der Waals surface area contributed by atoms with E-state index >= 15 is 0 Å². The summed E-state index contributed by atoms with van der Waals surface area (Å²) in [6.07, 6.45) is 8.36. The summed E-state index contributed by atoms with van der Waals surface area (Å²) in [4.78, 5) is 14.5. The molecule has 6 heteroatoms. The van der Waals surface area contributed by atoms with Crippen LogP contribution in [0.3, 0.4) is 0 Å². The summed E-state index contributed by atoms with van der Waals surface area (Å²) in [5, 5.41) is -0.489. The molecule has 0 bridgehead atoms. The Labute approximate surface area is 147 Å². The van der Waals surface area contributed by atoms with E-state index in [-0.39, 0.29) is 11.7 Å². The smallest absolute Gasteiger partial charge is 0.307 e. The van der Waals surface area contributed by atoms with Gasteiger partial charge in [-0.15, -0.1) is 0 Å². The first-order valence-corrected chi connectivity index (χ1v) is 11.4. The number of unbranched alkanes of at least 4 members (excludes halogenated alkanes) is 1. The summed E-state index contributed by atoms with van der Waals surface area (Å²) < 4.78 is 30.7. The van der Waals surface area contributed by atoms with Crippen LogP contribution in [-0.4, -0.2) is 56.0 Å². The molecule has 1 saturated carbocycles. The van der Waals surface area contributed by atoms with Crippen LogP contribution in [0.1, 0.15) is 71.1 Å². The minimum absolute atomic E-state index is 0.218. The lowest BCUT2D eigenvalue weighted by Crippen LogP contribution is -2.41. The van der Waals surface area contributed by atoms with E-state index in [1.165, 1.54) is 19.3 Å². The number of hydrogen-bond acceptors (Lipinski definition) is 5. The van der Waals surface area contributed by atoms with E-state index < -0.39 is 21.2 Å². The van der Waals surface area contributed by atoms with Crippen LogP contribution in [0.25, 0.3) is 0 Å². The van der Waals surface area contributed by atoms with Crippen molar-refractivity contribution in [1.29, 1.82) is 0 Å². The fourth-order valence-electron chi connectivity index (χ4n) is 3.77. The molecular formula is C18H33NO4S. The fraction of sp³-hybridized carbons (Fsp3) is 0.944. The minimum atomic E-state index is -3.16. The fourth-order valence-corrected chi connectivity index (χ4v) is 5.94. The van der Waals surface area contributed by atoms with Crippen LogP contribution in [0, 0.1) is 0 Å². The van der Waals surface area contributed by atoms with E-state index in [2.05, 4.69) is 4.90 Å². The Morgan fingerprint density at radius 3 is 2.50 bits per heavy atom. The molecule has 2 rings (SSSR count). The van der Waals surface area contributed by atoms with Crippen molar-refractivity contribution in [2.24, 2.45) is 0 Å². The molecule has 1 aliphatic heterocycles. The van der Waals surface area contributed by atoms with Crippen molar-refractivity contribution in [1.82, 2.24) is 4.90 Å². The second-order valence-electron chi connectivity index (χ2n) is 7.22. The van der Waals surface area contributed by atoms with Gasteiger partial charge in [-0.1, -0.05) is 26.2 Å². The molecule has 1 aliphatic carbocycles. The van der Waals surface area contributed by atoms with E-state index in [9.17, 15) is 13.2 Å². The molecule has 0 aromatic carbocycles. The van der Waals surface area contributed by atoms with Crippen LogP contribution >= 0.6 is 0 Å². The van der Waals surface area contributed by atoms with Crippen molar-refractivity contribution in [3.05, 3.63) is 0 Å². The first-order valence-electron chi connectivity index (χ1n) is 9.66. The number of carbonyl (C=O) groups is 1. The number of carbonyl (C=O) groups excluding carboxylic acids is 1. The summed E-state index contributed by atoms with van der Waals surface area (Å²) >= 11 is 0. The van der Waals surface area contributed by atoms with Gasteiger partial charge in [0.15, 0.2) is 9.84 Å². The molecule has 0 unspecified atom stereocenters. The number of nitrogens with zero attached hydrogens (tertiary/aromatic N) is 1. The van der Waals surface area contributed by atoms with Gasteiger partial charge in [-0.25, -0.2) is 8.42 Å². The molecule has 24 heavy (non-hydrogen) atoms. The minimum Gasteiger partial charge on any atom is -0.461 e. The quantitative estimate of drug-likeness (QED) is 0.624. The lowest BCUT2D eigenvalue weighted by atomic mass is 9.97. The maximum Gasteiger partial charge on any atom is 0.307 e. The monoisotopic (exact) mass is 359 g/mol. The highest BCUT2D eigenvalue weighted by Gasteiger charge is 2.37. The van der Waals surface area contributed by atoms with Crippen molar-refractivity contribution in [2.75, 3.05) is 25.4 Å². The Balaban J connectivity index is 1.84. The van der Waals surface area contributed by atoms with Crippen LogP contribution in [0.5, 0.6) is 0 Å². The summed E-state index contributed by atoms with van der Waals surface area (Å²) in [6, 6.07) is 0. The Hall–Kier alpha value is -0.620. The number of esters is 1. The third kappa shape index (κ3) is 6.03. The molecule has 1 heterocycles. The summed E-state index contributed by atoms with van der Waals surface area (Å²) in [7, 11) is -3.16.